The molecule has 0 fully saturated rings. The van der Waals surface area contributed by atoms with Crippen molar-refractivity contribution in [1.82, 2.24) is 9.97 Å². The molecule has 5 aromatic rings. The van der Waals surface area contributed by atoms with Crippen LogP contribution >= 0.6 is 11.3 Å². The fourth-order valence-corrected chi connectivity index (χ4v) is 4.72. The average molecular weight is 356 g/mol. The molecule has 126 valence electrons. The number of aromatic nitrogens is 2. The Kier molecular flexibility index (Phi) is 3.40. The van der Waals surface area contributed by atoms with E-state index in [1.165, 1.54) is 31.3 Å². The maximum atomic E-state index is 5.34. The first-order valence-electron chi connectivity index (χ1n) is 8.45. The normalized spacial score (nSPS) is 11.5. The lowest BCUT2D eigenvalue weighted by molar-refractivity contribution is 0.415. The molecule has 0 bridgehead atoms. The number of nitrogens with zero attached hydrogens (tertiary/aromatic N) is 2. The summed E-state index contributed by atoms with van der Waals surface area (Å²) in [5, 5.41) is 3.64. The standard InChI is InChI=1S/C22H16N2OS/c1-13-9-17-15-5-3-4-6-20(15)26-22(17)18(10-13)21-16-8-7-14(25-2)11-19(16)23-12-24-21/h3-12H,1-2H3. The van der Waals surface area contributed by atoms with E-state index in [2.05, 4.69) is 53.3 Å². The monoisotopic (exact) mass is 356 g/mol. The number of hydrogen-bond acceptors (Lipinski definition) is 4. The van der Waals surface area contributed by atoms with Gasteiger partial charge in [0.25, 0.3) is 0 Å². The zero-order valence-electron chi connectivity index (χ0n) is 14.5. The summed E-state index contributed by atoms with van der Waals surface area (Å²) < 4.78 is 7.91. The molecule has 4 heteroatoms. The average Bonchev–Trinajstić information content (AvgIpc) is 3.05. The van der Waals surface area contributed by atoms with E-state index in [1.807, 2.05) is 29.5 Å². The van der Waals surface area contributed by atoms with Crippen molar-refractivity contribution < 1.29 is 4.74 Å². The molecule has 0 spiro atoms. The van der Waals surface area contributed by atoms with Gasteiger partial charge in [-0.05, 0) is 42.8 Å². The van der Waals surface area contributed by atoms with Gasteiger partial charge < -0.3 is 4.74 Å². The zero-order valence-corrected chi connectivity index (χ0v) is 15.3. The van der Waals surface area contributed by atoms with Gasteiger partial charge in [-0.1, -0.05) is 18.2 Å². The largest absolute Gasteiger partial charge is 0.497 e. The van der Waals surface area contributed by atoms with Crippen molar-refractivity contribution >= 4 is 42.4 Å². The minimum Gasteiger partial charge on any atom is -0.497 e. The Balaban J connectivity index is 1.88. The van der Waals surface area contributed by atoms with Crippen LogP contribution in [0.4, 0.5) is 0 Å². The van der Waals surface area contributed by atoms with Crippen LogP contribution in [-0.4, -0.2) is 17.1 Å². The molecule has 0 amide bonds. The van der Waals surface area contributed by atoms with Crippen LogP contribution in [0, 0.1) is 6.92 Å². The molecular formula is C22H16N2OS. The van der Waals surface area contributed by atoms with Gasteiger partial charge in [0.1, 0.15) is 12.1 Å². The van der Waals surface area contributed by atoms with E-state index in [-0.39, 0.29) is 0 Å². The van der Waals surface area contributed by atoms with E-state index < -0.39 is 0 Å². The van der Waals surface area contributed by atoms with Gasteiger partial charge in [0.15, 0.2) is 0 Å². The first-order chi connectivity index (χ1) is 12.7. The second kappa shape index (κ2) is 5.78. The second-order valence-corrected chi connectivity index (χ2v) is 7.44. The molecule has 2 heterocycles. The number of rotatable bonds is 2. The van der Waals surface area contributed by atoms with Gasteiger partial charge in [-0.15, -0.1) is 11.3 Å². The minimum atomic E-state index is 0.804. The van der Waals surface area contributed by atoms with E-state index in [0.29, 0.717) is 0 Å². The van der Waals surface area contributed by atoms with Crippen molar-refractivity contribution in [2.45, 2.75) is 6.92 Å². The van der Waals surface area contributed by atoms with Crippen molar-refractivity contribution in [2.24, 2.45) is 0 Å². The molecule has 0 aliphatic rings. The van der Waals surface area contributed by atoms with Crippen molar-refractivity contribution in [3.63, 3.8) is 0 Å². The predicted molar refractivity (Wildman–Crippen MR) is 109 cm³/mol. The van der Waals surface area contributed by atoms with Gasteiger partial charge in [-0.2, -0.15) is 0 Å². The molecule has 0 aliphatic heterocycles. The molecule has 0 unspecified atom stereocenters. The minimum absolute atomic E-state index is 0.804. The summed E-state index contributed by atoms with van der Waals surface area (Å²) in [5.74, 6) is 0.804. The summed E-state index contributed by atoms with van der Waals surface area (Å²) >= 11 is 1.82. The van der Waals surface area contributed by atoms with Crippen molar-refractivity contribution in [1.29, 1.82) is 0 Å². The molecule has 0 N–H and O–H groups in total. The lowest BCUT2D eigenvalue weighted by atomic mass is 10.0. The Morgan fingerprint density at radius 2 is 1.77 bits per heavy atom. The van der Waals surface area contributed by atoms with E-state index in [9.17, 15) is 0 Å². The first-order valence-corrected chi connectivity index (χ1v) is 9.27. The highest BCUT2D eigenvalue weighted by Crippen LogP contribution is 2.41. The summed E-state index contributed by atoms with van der Waals surface area (Å²) in [7, 11) is 1.67. The number of ether oxygens (including phenoxy) is 1. The molecule has 0 aliphatic carbocycles. The summed E-state index contributed by atoms with van der Waals surface area (Å²) in [6.45, 7) is 2.14. The number of fused-ring (bicyclic) bond motifs is 4. The van der Waals surface area contributed by atoms with Crippen LogP contribution in [0.2, 0.25) is 0 Å². The van der Waals surface area contributed by atoms with Gasteiger partial charge in [0, 0.05) is 37.2 Å². The van der Waals surface area contributed by atoms with E-state index >= 15 is 0 Å². The summed E-state index contributed by atoms with van der Waals surface area (Å²) in [6.07, 6.45) is 1.64. The van der Waals surface area contributed by atoms with Crippen molar-refractivity contribution in [2.75, 3.05) is 7.11 Å². The van der Waals surface area contributed by atoms with Gasteiger partial charge in [-0.3, -0.25) is 0 Å². The van der Waals surface area contributed by atoms with Crippen molar-refractivity contribution in [3.8, 4) is 17.0 Å². The number of aryl methyl sites for hydroxylation is 1. The molecule has 0 atom stereocenters. The Morgan fingerprint density at radius 3 is 2.65 bits per heavy atom. The SMILES string of the molecule is COc1ccc2c(-c3cc(C)cc4c3sc3ccccc34)ncnc2c1. The fraction of sp³-hybridized carbons (Fsp3) is 0.0909. The van der Waals surface area contributed by atoms with Gasteiger partial charge in [-0.25, -0.2) is 9.97 Å². The quantitative estimate of drug-likeness (QED) is 0.390. The third kappa shape index (κ3) is 2.26. The molecule has 3 nitrogen and oxygen atoms in total. The molecular weight excluding hydrogens is 340 g/mol. The fourth-order valence-electron chi connectivity index (χ4n) is 3.53. The molecule has 0 saturated heterocycles. The lowest BCUT2D eigenvalue weighted by Crippen LogP contribution is -1.91. The van der Waals surface area contributed by atoms with E-state index in [4.69, 9.17) is 4.74 Å². The Hall–Kier alpha value is -2.98. The lowest BCUT2D eigenvalue weighted by Gasteiger charge is -2.09. The number of thiophene rings is 1. The Labute approximate surface area is 154 Å². The van der Waals surface area contributed by atoms with Crippen LogP contribution in [-0.2, 0) is 0 Å². The maximum absolute atomic E-state index is 5.34. The summed E-state index contributed by atoms with van der Waals surface area (Å²) in [4.78, 5) is 9.08. The highest BCUT2D eigenvalue weighted by molar-refractivity contribution is 7.26. The van der Waals surface area contributed by atoms with Crippen molar-refractivity contribution in [3.05, 3.63) is 66.5 Å². The molecule has 3 aromatic carbocycles. The molecule has 0 saturated carbocycles. The number of hydrogen-bond donors (Lipinski definition) is 0. The first kappa shape index (κ1) is 15.3. The van der Waals surface area contributed by atoms with Gasteiger partial charge in [0.2, 0.25) is 0 Å². The Morgan fingerprint density at radius 1 is 0.885 bits per heavy atom. The Bertz CT molecular complexity index is 1290. The second-order valence-electron chi connectivity index (χ2n) is 6.39. The predicted octanol–water partition coefficient (Wildman–Crippen LogP) is 5.98. The summed E-state index contributed by atoms with van der Waals surface area (Å²) in [6, 6.07) is 19.0. The van der Waals surface area contributed by atoms with Gasteiger partial charge in [0.05, 0.1) is 18.3 Å². The molecule has 26 heavy (non-hydrogen) atoms. The molecule has 0 radical (unpaired) electrons. The van der Waals surface area contributed by atoms with Crippen LogP contribution in [0.3, 0.4) is 0 Å². The van der Waals surface area contributed by atoms with E-state index in [1.54, 1.807) is 13.4 Å². The number of methoxy groups -OCH3 is 1. The van der Waals surface area contributed by atoms with Crippen LogP contribution in [0.1, 0.15) is 5.56 Å². The zero-order chi connectivity index (χ0) is 17.7. The molecule has 5 rings (SSSR count). The third-order valence-corrected chi connectivity index (χ3v) is 5.94. The van der Waals surface area contributed by atoms with Crippen LogP contribution in [0.5, 0.6) is 5.75 Å². The van der Waals surface area contributed by atoms with Crippen LogP contribution in [0.15, 0.2) is 60.9 Å². The molecule has 2 aromatic heterocycles. The smallest absolute Gasteiger partial charge is 0.121 e. The summed E-state index contributed by atoms with van der Waals surface area (Å²) in [5.41, 5.74) is 4.26. The van der Waals surface area contributed by atoms with Crippen LogP contribution < -0.4 is 4.74 Å². The third-order valence-electron chi connectivity index (χ3n) is 4.72. The highest BCUT2D eigenvalue weighted by atomic mass is 32.1. The number of benzene rings is 3. The topological polar surface area (TPSA) is 35.0 Å². The van der Waals surface area contributed by atoms with Gasteiger partial charge >= 0.3 is 0 Å². The van der Waals surface area contributed by atoms with Crippen LogP contribution in [0.25, 0.3) is 42.3 Å². The maximum Gasteiger partial charge on any atom is 0.121 e. The highest BCUT2D eigenvalue weighted by Gasteiger charge is 2.15. The van der Waals surface area contributed by atoms with E-state index in [0.717, 1.165) is 22.3 Å².